The molecule has 22 heavy (non-hydrogen) atoms. The van der Waals surface area contributed by atoms with Crippen LogP contribution in [0.5, 0.6) is 5.75 Å². The minimum atomic E-state index is -1.30. The summed E-state index contributed by atoms with van der Waals surface area (Å²) >= 11 is 1.05. The standard InChI is InChI=1S/C15H15NO5S/c1-9(17)7-13-16(10-3-5-11(21-2)6-4-10)15(20)12(22-13)8-14(18)19/h3-7,12H,8H2,1-2H3,(H,18,19)/p-1/b13-7+/t12-/m0/s1. The van der Waals surface area contributed by atoms with E-state index in [2.05, 4.69) is 0 Å². The molecular formula is C15H14NO5S-. The van der Waals surface area contributed by atoms with Crippen molar-refractivity contribution < 1.29 is 24.2 Å². The molecule has 1 aromatic rings. The second kappa shape index (κ2) is 6.65. The fourth-order valence-corrected chi connectivity index (χ4v) is 3.29. The van der Waals surface area contributed by atoms with Crippen molar-refractivity contribution in [3.63, 3.8) is 0 Å². The number of amides is 1. The van der Waals surface area contributed by atoms with Crippen LogP contribution in [0.25, 0.3) is 0 Å². The number of allylic oxidation sites excluding steroid dienone is 1. The number of nitrogens with zero attached hydrogens (tertiary/aromatic N) is 1. The lowest BCUT2D eigenvalue weighted by atomic mass is 10.2. The van der Waals surface area contributed by atoms with E-state index in [9.17, 15) is 19.5 Å². The van der Waals surface area contributed by atoms with Crippen molar-refractivity contribution in [1.82, 2.24) is 0 Å². The smallest absolute Gasteiger partial charge is 0.245 e. The molecule has 0 aromatic heterocycles. The Hall–Kier alpha value is -2.28. The third-order valence-electron chi connectivity index (χ3n) is 2.99. The number of ether oxygens (including phenoxy) is 1. The highest BCUT2D eigenvalue weighted by molar-refractivity contribution is 8.05. The maximum atomic E-state index is 12.4. The van der Waals surface area contributed by atoms with Crippen molar-refractivity contribution in [1.29, 1.82) is 0 Å². The normalized spacial score (nSPS) is 19.5. The molecule has 2 rings (SSSR count). The fraction of sp³-hybridized carbons (Fsp3) is 0.267. The average Bonchev–Trinajstić information content (AvgIpc) is 2.74. The number of benzene rings is 1. The first-order valence-electron chi connectivity index (χ1n) is 6.49. The number of carbonyl (C=O) groups is 3. The second-order valence-electron chi connectivity index (χ2n) is 4.65. The summed E-state index contributed by atoms with van der Waals surface area (Å²) in [4.78, 5) is 35.9. The predicted octanol–water partition coefficient (Wildman–Crippen LogP) is 0.714. The minimum Gasteiger partial charge on any atom is -0.550 e. The van der Waals surface area contributed by atoms with E-state index in [1.807, 2.05) is 0 Å². The van der Waals surface area contributed by atoms with Gasteiger partial charge in [-0.05, 0) is 31.2 Å². The Bertz CT molecular complexity index is 638. The van der Waals surface area contributed by atoms with E-state index >= 15 is 0 Å². The summed E-state index contributed by atoms with van der Waals surface area (Å²) in [7, 11) is 1.53. The van der Waals surface area contributed by atoms with Crippen molar-refractivity contribution in [3.8, 4) is 5.75 Å². The highest BCUT2D eigenvalue weighted by Gasteiger charge is 2.37. The van der Waals surface area contributed by atoms with E-state index in [0.29, 0.717) is 16.5 Å². The van der Waals surface area contributed by atoms with Gasteiger partial charge >= 0.3 is 0 Å². The fourth-order valence-electron chi connectivity index (χ4n) is 2.04. The molecule has 0 unspecified atom stereocenters. The van der Waals surface area contributed by atoms with Crippen LogP contribution in [0.15, 0.2) is 35.4 Å². The molecule has 0 radical (unpaired) electrons. The van der Waals surface area contributed by atoms with Crippen LogP contribution in [0.4, 0.5) is 5.69 Å². The van der Waals surface area contributed by atoms with Crippen molar-refractivity contribution >= 4 is 35.1 Å². The molecule has 0 spiro atoms. The predicted molar refractivity (Wildman–Crippen MR) is 80.2 cm³/mol. The van der Waals surface area contributed by atoms with Crippen LogP contribution < -0.4 is 14.7 Å². The monoisotopic (exact) mass is 320 g/mol. The number of carbonyl (C=O) groups excluding carboxylic acids is 3. The Morgan fingerprint density at radius 2 is 2.00 bits per heavy atom. The third kappa shape index (κ3) is 3.48. The highest BCUT2D eigenvalue weighted by atomic mass is 32.2. The summed E-state index contributed by atoms with van der Waals surface area (Å²) in [5.41, 5.74) is 0.548. The lowest BCUT2D eigenvalue weighted by Gasteiger charge is -2.17. The molecule has 0 saturated carbocycles. The Kier molecular flexibility index (Phi) is 4.87. The summed E-state index contributed by atoms with van der Waals surface area (Å²) in [5, 5.41) is 10.4. The topological polar surface area (TPSA) is 86.7 Å². The summed E-state index contributed by atoms with van der Waals surface area (Å²) in [6, 6.07) is 6.72. The minimum absolute atomic E-state index is 0.220. The Labute approximate surface area is 131 Å². The van der Waals surface area contributed by atoms with Gasteiger partial charge in [-0.1, -0.05) is 11.8 Å². The second-order valence-corrected chi connectivity index (χ2v) is 5.87. The summed E-state index contributed by atoms with van der Waals surface area (Å²) < 4.78 is 5.06. The zero-order valence-electron chi connectivity index (χ0n) is 12.1. The molecular weight excluding hydrogens is 306 g/mol. The largest absolute Gasteiger partial charge is 0.550 e. The number of methoxy groups -OCH3 is 1. The summed E-state index contributed by atoms with van der Waals surface area (Å²) in [5.74, 6) is -1.27. The number of aliphatic carboxylic acids is 1. The number of thioether (sulfide) groups is 1. The van der Waals surface area contributed by atoms with Gasteiger partial charge in [-0.3, -0.25) is 14.5 Å². The molecule has 116 valence electrons. The molecule has 0 aliphatic carbocycles. The van der Waals surface area contributed by atoms with Gasteiger partial charge in [-0.15, -0.1) is 0 Å². The van der Waals surface area contributed by atoms with Gasteiger partial charge in [-0.25, -0.2) is 0 Å². The van der Waals surface area contributed by atoms with Gasteiger partial charge < -0.3 is 14.6 Å². The quantitative estimate of drug-likeness (QED) is 0.743. The molecule has 1 heterocycles. The molecule has 1 aliphatic heterocycles. The van der Waals surface area contributed by atoms with Crippen LogP contribution in [-0.4, -0.2) is 30.0 Å². The van der Waals surface area contributed by atoms with Crippen molar-refractivity contribution in [2.24, 2.45) is 0 Å². The van der Waals surface area contributed by atoms with Gasteiger partial charge in [0, 0.05) is 24.2 Å². The molecule has 1 aliphatic rings. The zero-order chi connectivity index (χ0) is 16.3. The molecule has 6 nitrogen and oxygen atoms in total. The molecule has 0 bridgehead atoms. The van der Waals surface area contributed by atoms with Crippen LogP contribution in [-0.2, 0) is 14.4 Å². The molecule has 1 aromatic carbocycles. The summed E-state index contributed by atoms with van der Waals surface area (Å²) in [6.07, 6.45) is 0.924. The number of hydrogen-bond donors (Lipinski definition) is 0. The van der Waals surface area contributed by atoms with E-state index in [-0.39, 0.29) is 11.7 Å². The van der Waals surface area contributed by atoms with Crippen molar-refractivity contribution in [3.05, 3.63) is 35.4 Å². The Balaban J connectivity index is 2.37. The Morgan fingerprint density at radius 1 is 1.36 bits per heavy atom. The van der Waals surface area contributed by atoms with E-state index in [0.717, 1.165) is 11.8 Å². The molecule has 1 atom stereocenters. The first kappa shape index (κ1) is 16.1. The van der Waals surface area contributed by atoms with Gasteiger partial charge in [0.25, 0.3) is 0 Å². The van der Waals surface area contributed by atoms with Crippen LogP contribution in [0.1, 0.15) is 13.3 Å². The van der Waals surface area contributed by atoms with Gasteiger partial charge in [0.1, 0.15) is 5.75 Å². The van der Waals surface area contributed by atoms with Crippen LogP contribution in [0, 0.1) is 0 Å². The third-order valence-corrected chi connectivity index (χ3v) is 4.18. The number of hydrogen-bond acceptors (Lipinski definition) is 6. The number of rotatable bonds is 5. The van der Waals surface area contributed by atoms with Crippen molar-refractivity contribution in [2.75, 3.05) is 12.0 Å². The van der Waals surface area contributed by atoms with Gasteiger partial charge in [0.2, 0.25) is 5.91 Å². The van der Waals surface area contributed by atoms with Crippen LogP contribution in [0.2, 0.25) is 0 Å². The maximum Gasteiger partial charge on any atom is 0.245 e. The number of anilines is 1. The van der Waals surface area contributed by atoms with E-state index < -0.39 is 17.6 Å². The SMILES string of the molecule is COc1ccc(N2C(=O)[C@H](CC(=O)[O-])S/C2=C/C(C)=O)cc1. The maximum absolute atomic E-state index is 12.4. The first-order chi connectivity index (χ1) is 10.4. The van der Waals surface area contributed by atoms with Crippen LogP contribution in [0.3, 0.4) is 0 Å². The molecule has 1 amide bonds. The van der Waals surface area contributed by atoms with Gasteiger partial charge in [-0.2, -0.15) is 0 Å². The molecule has 1 fully saturated rings. The lowest BCUT2D eigenvalue weighted by Crippen LogP contribution is -2.33. The number of ketones is 1. The highest BCUT2D eigenvalue weighted by Crippen LogP contribution is 2.40. The van der Waals surface area contributed by atoms with E-state index in [1.165, 1.54) is 25.0 Å². The molecule has 7 heteroatoms. The summed E-state index contributed by atoms with van der Waals surface area (Å²) in [6.45, 7) is 1.37. The molecule has 1 saturated heterocycles. The van der Waals surface area contributed by atoms with Crippen molar-refractivity contribution in [2.45, 2.75) is 18.6 Å². The number of carboxylic acids is 1. The van der Waals surface area contributed by atoms with Gasteiger partial charge in [0.15, 0.2) is 5.78 Å². The average molecular weight is 320 g/mol. The first-order valence-corrected chi connectivity index (χ1v) is 7.37. The van der Waals surface area contributed by atoms with Gasteiger partial charge in [0.05, 0.1) is 17.4 Å². The molecule has 0 N–H and O–H groups in total. The Morgan fingerprint density at radius 3 is 2.50 bits per heavy atom. The van der Waals surface area contributed by atoms with E-state index in [1.54, 1.807) is 24.3 Å². The zero-order valence-corrected chi connectivity index (χ0v) is 12.9. The lowest BCUT2D eigenvalue weighted by molar-refractivity contribution is -0.305. The van der Waals surface area contributed by atoms with Crippen LogP contribution >= 0.6 is 11.8 Å². The number of carboxylic acid groups (broad SMARTS) is 1. The van der Waals surface area contributed by atoms with E-state index in [4.69, 9.17) is 4.74 Å².